The second kappa shape index (κ2) is 7.30. The lowest BCUT2D eigenvalue weighted by molar-refractivity contribution is 0.218. The third kappa shape index (κ3) is 3.26. The van der Waals surface area contributed by atoms with Crippen molar-refractivity contribution in [2.75, 3.05) is 5.32 Å². The van der Waals surface area contributed by atoms with Crippen molar-refractivity contribution < 1.29 is 4.39 Å². The number of hydrogen-bond donors (Lipinski definition) is 2. The molecule has 3 aromatic rings. The van der Waals surface area contributed by atoms with Crippen LogP contribution >= 0.6 is 11.6 Å². The number of alkyl halides is 1. The van der Waals surface area contributed by atoms with E-state index in [0.717, 1.165) is 11.1 Å². The molecular weight excluding hydrogens is 391 g/mol. The van der Waals surface area contributed by atoms with Crippen LogP contribution in [0.4, 0.5) is 10.2 Å². The summed E-state index contributed by atoms with van der Waals surface area (Å²) < 4.78 is 15.4. The zero-order chi connectivity index (χ0) is 20.6. The molecule has 29 heavy (non-hydrogen) atoms. The Labute approximate surface area is 172 Å². The number of halogens is 2. The standard InChI is InChI=1S/C21H18ClFN6/c1-12(29-20-18-19(26-10-25-18)27-11-28-20)14-8-16(22)21(2,23)15(9-24)17(14)13-6-4-3-5-7-13/h3-8,10-12,15H,1-2H3,(H2,25,26,27,28,29). The number of H-pyrrole nitrogens is 1. The van der Waals surface area contributed by atoms with Crippen LogP contribution in [0.3, 0.4) is 0 Å². The van der Waals surface area contributed by atoms with Gasteiger partial charge in [-0.3, -0.25) is 0 Å². The second-order valence-electron chi connectivity index (χ2n) is 7.05. The van der Waals surface area contributed by atoms with Crippen molar-refractivity contribution in [3.63, 3.8) is 0 Å². The van der Waals surface area contributed by atoms with E-state index in [9.17, 15) is 5.26 Å². The van der Waals surface area contributed by atoms with E-state index in [-0.39, 0.29) is 11.1 Å². The number of aromatic amines is 1. The lowest BCUT2D eigenvalue weighted by Crippen LogP contribution is -2.36. The van der Waals surface area contributed by atoms with Crippen LogP contribution in [-0.4, -0.2) is 31.6 Å². The molecule has 0 saturated carbocycles. The summed E-state index contributed by atoms with van der Waals surface area (Å²) in [6.45, 7) is 3.26. The Bertz CT molecular complexity index is 1160. The van der Waals surface area contributed by atoms with E-state index in [4.69, 9.17) is 11.6 Å². The molecule has 2 N–H and O–H groups in total. The third-order valence-corrected chi connectivity index (χ3v) is 5.63. The van der Waals surface area contributed by atoms with E-state index in [2.05, 4.69) is 31.3 Å². The topological polar surface area (TPSA) is 90.3 Å². The number of fused-ring (bicyclic) bond motifs is 1. The molecule has 1 aliphatic rings. The molecular formula is C21H18ClFN6. The minimum absolute atomic E-state index is 0.00163. The largest absolute Gasteiger partial charge is 0.362 e. The first-order valence-corrected chi connectivity index (χ1v) is 9.47. The summed E-state index contributed by atoms with van der Waals surface area (Å²) in [6, 6.07) is 11.1. The van der Waals surface area contributed by atoms with Crippen LogP contribution in [0.25, 0.3) is 16.7 Å². The number of aromatic nitrogens is 4. The molecule has 4 rings (SSSR count). The van der Waals surface area contributed by atoms with Gasteiger partial charge in [-0.25, -0.2) is 19.3 Å². The van der Waals surface area contributed by atoms with Gasteiger partial charge in [0.05, 0.1) is 23.5 Å². The van der Waals surface area contributed by atoms with E-state index in [0.29, 0.717) is 22.6 Å². The minimum Gasteiger partial charge on any atom is -0.362 e. The van der Waals surface area contributed by atoms with Crippen LogP contribution in [0.2, 0.25) is 0 Å². The van der Waals surface area contributed by atoms with Crippen molar-refractivity contribution in [3.05, 3.63) is 65.2 Å². The highest BCUT2D eigenvalue weighted by Gasteiger charge is 2.45. The van der Waals surface area contributed by atoms with Crippen LogP contribution < -0.4 is 5.32 Å². The zero-order valence-electron chi connectivity index (χ0n) is 15.8. The highest BCUT2D eigenvalue weighted by Crippen LogP contribution is 2.47. The van der Waals surface area contributed by atoms with Crippen molar-refractivity contribution in [3.8, 4) is 6.07 Å². The van der Waals surface area contributed by atoms with E-state index in [1.54, 1.807) is 12.4 Å². The first-order chi connectivity index (χ1) is 13.9. The number of nitriles is 1. The summed E-state index contributed by atoms with van der Waals surface area (Å²) in [7, 11) is 0. The Hall–Kier alpha value is -3.24. The molecule has 0 bridgehead atoms. The molecule has 0 aliphatic heterocycles. The maximum absolute atomic E-state index is 15.4. The Morgan fingerprint density at radius 2 is 2.03 bits per heavy atom. The number of hydrogen-bond acceptors (Lipinski definition) is 5. The van der Waals surface area contributed by atoms with Gasteiger partial charge in [-0.05, 0) is 36.6 Å². The Morgan fingerprint density at radius 1 is 1.28 bits per heavy atom. The monoisotopic (exact) mass is 408 g/mol. The van der Waals surface area contributed by atoms with E-state index >= 15 is 4.39 Å². The fraction of sp³-hybridized carbons (Fsp3) is 0.238. The minimum atomic E-state index is -1.98. The molecule has 0 amide bonds. The third-order valence-electron chi connectivity index (χ3n) is 5.15. The highest BCUT2D eigenvalue weighted by atomic mass is 35.5. The van der Waals surface area contributed by atoms with Crippen molar-refractivity contribution >= 4 is 34.2 Å². The fourth-order valence-electron chi connectivity index (χ4n) is 3.58. The first-order valence-electron chi connectivity index (χ1n) is 9.09. The highest BCUT2D eigenvalue weighted by molar-refractivity contribution is 6.31. The molecule has 2 heterocycles. The van der Waals surface area contributed by atoms with Gasteiger partial charge in [0.2, 0.25) is 0 Å². The Balaban J connectivity index is 1.84. The predicted molar refractivity (Wildman–Crippen MR) is 111 cm³/mol. The van der Waals surface area contributed by atoms with Gasteiger partial charge < -0.3 is 10.3 Å². The normalized spacial score (nSPS) is 22.9. The average Bonchev–Trinajstić information content (AvgIpc) is 3.20. The molecule has 0 saturated heterocycles. The van der Waals surface area contributed by atoms with Gasteiger partial charge in [-0.2, -0.15) is 5.26 Å². The number of nitrogens with one attached hydrogen (secondary N) is 2. The van der Waals surface area contributed by atoms with Crippen molar-refractivity contribution in [2.45, 2.75) is 25.6 Å². The molecule has 3 atom stereocenters. The van der Waals surface area contributed by atoms with E-state index in [1.165, 1.54) is 13.3 Å². The van der Waals surface area contributed by atoms with Gasteiger partial charge >= 0.3 is 0 Å². The number of nitrogens with zero attached hydrogens (tertiary/aromatic N) is 4. The summed E-state index contributed by atoms with van der Waals surface area (Å²) >= 11 is 6.29. The first kappa shape index (κ1) is 19.1. The summed E-state index contributed by atoms with van der Waals surface area (Å²) in [5, 5.41) is 13.1. The number of allylic oxidation sites excluding steroid dienone is 2. The molecule has 0 fully saturated rings. The molecule has 6 nitrogen and oxygen atoms in total. The van der Waals surface area contributed by atoms with Crippen LogP contribution in [0, 0.1) is 17.2 Å². The van der Waals surface area contributed by atoms with Crippen molar-refractivity contribution in [1.82, 2.24) is 19.9 Å². The van der Waals surface area contributed by atoms with E-state index < -0.39 is 11.6 Å². The zero-order valence-corrected chi connectivity index (χ0v) is 16.6. The Kier molecular flexibility index (Phi) is 4.81. The SMILES string of the molecule is CC(Nc1ncnc2nc[nH]c12)C1=C(c2ccccc2)C(C#N)C(C)(F)C(Cl)=C1. The van der Waals surface area contributed by atoms with Crippen LogP contribution in [-0.2, 0) is 0 Å². The van der Waals surface area contributed by atoms with Gasteiger partial charge in [0, 0.05) is 0 Å². The maximum atomic E-state index is 15.4. The van der Waals surface area contributed by atoms with Crippen LogP contribution in [0.1, 0.15) is 19.4 Å². The van der Waals surface area contributed by atoms with Crippen LogP contribution in [0.15, 0.2) is 59.7 Å². The molecule has 3 unspecified atom stereocenters. The second-order valence-corrected chi connectivity index (χ2v) is 7.46. The fourth-order valence-corrected chi connectivity index (χ4v) is 3.81. The molecule has 146 valence electrons. The molecule has 8 heteroatoms. The average molecular weight is 409 g/mol. The summed E-state index contributed by atoms with van der Waals surface area (Å²) in [5.74, 6) is -0.481. The Morgan fingerprint density at radius 3 is 2.76 bits per heavy atom. The van der Waals surface area contributed by atoms with E-state index in [1.807, 2.05) is 37.3 Å². The van der Waals surface area contributed by atoms with Gasteiger partial charge in [0.1, 0.15) is 17.8 Å². The van der Waals surface area contributed by atoms with Crippen LogP contribution in [0.5, 0.6) is 0 Å². The molecule has 0 spiro atoms. The molecule has 0 radical (unpaired) electrons. The smallest absolute Gasteiger partial charge is 0.182 e. The van der Waals surface area contributed by atoms with Gasteiger partial charge in [-0.15, -0.1) is 0 Å². The molecule has 1 aromatic carbocycles. The van der Waals surface area contributed by atoms with Gasteiger partial charge in [0.15, 0.2) is 17.1 Å². The quantitative estimate of drug-likeness (QED) is 0.657. The number of imidazole rings is 1. The number of rotatable bonds is 4. The lowest BCUT2D eigenvalue weighted by Gasteiger charge is -2.35. The lowest BCUT2D eigenvalue weighted by atomic mass is 9.74. The maximum Gasteiger partial charge on any atom is 0.182 e. The summed E-state index contributed by atoms with van der Waals surface area (Å²) in [6.07, 6.45) is 4.58. The number of anilines is 1. The van der Waals surface area contributed by atoms with Gasteiger partial charge in [-0.1, -0.05) is 41.9 Å². The summed E-state index contributed by atoms with van der Waals surface area (Å²) in [4.78, 5) is 15.5. The molecule has 2 aromatic heterocycles. The predicted octanol–water partition coefficient (Wildman–Crippen LogP) is 4.61. The van der Waals surface area contributed by atoms with Gasteiger partial charge in [0.25, 0.3) is 0 Å². The van der Waals surface area contributed by atoms with Crippen molar-refractivity contribution in [2.24, 2.45) is 5.92 Å². The van der Waals surface area contributed by atoms with Crippen molar-refractivity contribution in [1.29, 1.82) is 5.26 Å². The summed E-state index contributed by atoms with van der Waals surface area (Å²) in [5.41, 5.74) is 1.35. The number of benzene rings is 1. The molecule has 1 aliphatic carbocycles.